The fourth-order valence-corrected chi connectivity index (χ4v) is 9.45. The number of anilines is 2. The average molecular weight is 768 g/mol. The van der Waals surface area contributed by atoms with Crippen LogP contribution in [-0.2, 0) is 6.42 Å². The highest BCUT2D eigenvalue weighted by Crippen LogP contribution is 2.42. The Hall–Kier alpha value is -6.52. The van der Waals surface area contributed by atoms with Crippen LogP contribution in [0.1, 0.15) is 25.3 Å². The maximum Gasteiger partial charge on any atom is 0.139 e. The molecule has 1 N–H and O–H groups in total. The first-order valence-electron chi connectivity index (χ1n) is 21.4. The van der Waals surface area contributed by atoms with E-state index in [1.807, 2.05) is 6.07 Å². The second-order valence-corrected chi connectivity index (χ2v) is 16.6. The third-order valence-electron chi connectivity index (χ3n) is 13.1. The van der Waals surface area contributed by atoms with Crippen molar-refractivity contribution >= 4 is 122 Å². The molecule has 60 heavy (non-hydrogen) atoms. The van der Waals surface area contributed by atoms with Gasteiger partial charge in [-0.1, -0.05) is 109 Å². The van der Waals surface area contributed by atoms with Gasteiger partial charge in [-0.05, 0) is 113 Å². The van der Waals surface area contributed by atoms with E-state index in [1.54, 1.807) is 0 Å². The van der Waals surface area contributed by atoms with Gasteiger partial charge < -0.3 is 14.3 Å². The van der Waals surface area contributed by atoms with E-state index in [2.05, 4.69) is 202 Å². The number of hydrogen-bond acceptors (Lipinski definition) is 2. The summed E-state index contributed by atoms with van der Waals surface area (Å²) in [4.78, 5) is 0. The number of nitrogens with zero attached hydrogens (tertiary/aromatic N) is 1. The minimum atomic E-state index is 0.869. The van der Waals surface area contributed by atoms with Gasteiger partial charge in [0.2, 0.25) is 0 Å². The Morgan fingerprint density at radius 3 is 1.92 bits per heavy atom. The molecule has 3 nitrogen and oxygen atoms in total. The minimum Gasteiger partial charge on any atom is -0.456 e. The number of para-hydroxylation sites is 2. The number of fused-ring (bicyclic) bond motifs is 6. The lowest BCUT2D eigenvalue weighted by Crippen LogP contribution is -2.55. The highest BCUT2D eigenvalue weighted by atomic mass is 16.3. The van der Waals surface area contributed by atoms with Crippen LogP contribution >= 0.6 is 0 Å². The molecule has 10 aromatic rings. The van der Waals surface area contributed by atoms with Gasteiger partial charge in [-0.15, -0.1) is 16.4 Å². The number of unbranched alkanes of at least 4 members (excludes halogenated alkanes) is 1. The monoisotopic (exact) mass is 768 g/mol. The molecule has 0 aliphatic heterocycles. The first-order chi connectivity index (χ1) is 29.3. The Bertz CT molecular complexity index is 3250. The van der Waals surface area contributed by atoms with Crippen LogP contribution in [0.25, 0.3) is 82.8 Å². The van der Waals surface area contributed by atoms with E-state index < -0.39 is 0 Å². The smallest absolute Gasteiger partial charge is 0.139 e. The third kappa shape index (κ3) is 6.46. The van der Waals surface area contributed by atoms with Crippen molar-refractivity contribution in [3.05, 3.63) is 157 Å². The van der Waals surface area contributed by atoms with Crippen LogP contribution in [0.15, 0.2) is 156 Å². The SMILES string of the molecule is Bc1c(B)c(B)c(-c2cc(-c3cc4oc5ccccc5c4cc3Nc3ccc(-c4ccccc4)cc3)cc(-n3c4ccccc4c4cc(CCCC)ccc43)c2)c(B)c1B. The van der Waals surface area contributed by atoms with Gasteiger partial charge >= 0.3 is 0 Å². The van der Waals surface area contributed by atoms with E-state index in [9.17, 15) is 0 Å². The topological polar surface area (TPSA) is 30.1 Å². The second kappa shape index (κ2) is 15.3. The van der Waals surface area contributed by atoms with E-state index >= 15 is 0 Å². The molecule has 0 bridgehead atoms. The first kappa shape index (κ1) is 37.7. The van der Waals surface area contributed by atoms with Crippen LogP contribution in [0.5, 0.6) is 0 Å². The van der Waals surface area contributed by atoms with E-state index in [-0.39, 0.29) is 0 Å². The molecule has 284 valence electrons. The zero-order valence-electron chi connectivity index (χ0n) is 35.4. The van der Waals surface area contributed by atoms with Gasteiger partial charge in [0.15, 0.2) is 0 Å². The Morgan fingerprint density at radius 1 is 0.500 bits per heavy atom. The van der Waals surface area contributed by atoms with E-state index in [0.717, 1.165) is 56.5 Å². The maximum atomic E-state index is 6.61. The number of aryl methyl sites for hydroxylation is 1. The van der Waals surface area contributed by atoms with Crippen molar-refractivity contribution in [2.45, 2.75) is 26.2 Å². The Labute approximate surface area is 356 Å². The summed E-state index contributed by atoms with van der Waals surface area (Å²) in [6, 6.07) is 55.4. The summed E-state index contributed by atoms with van der Waals surface area (Å²) < 4.78 is 9.09. The molecule has 0 radical (unpaired) electrons. The molecule has 0 aliphatic rings. The Kier molecular flexibility index (Phi) is 9.60. The van der Waals surface area contributed by atoms with Crippen LogP contribution in [0.4, 0.5) is 11.4 Å². The lowest BCUT2D eigenvalue weighted by Gasteiger charge is -2.22. The highest BCUT2D eigenvalue weighted by molar-refractivity contribution is 6.68. The molecule has 10 rings (SSSR count). The summed E-state index contributed by atoms with van der Waals surface area (Å²) in [6.45, 7) is 2.27. The van der Waals surface area contributed by atoms with Crippen molar-refractivity contribution < 1.29 is 4.42 Å². The molecule has 0 spiro atoms. The van der Waals surface area contributed by atoms with Crippen LogP contribution in [0.3, 0.4) is 0 Å². The molecule has 0 aliphatic carbocycles. The lowest BCUT2D eigenvalue weighted by atomic mass is 9.59. The van der Waals surface area contributed by atoms with E-state index in [1.165, 1.54) is 89.8 Å². The summed E-state index contributed by atoms with van der Waals surface area (Å²) in [5, 5.41) is 8.66. The zero-order chi connectivity index (χ0) is 41.1. The fraction of sp³-hybridized carbons (Fsp3) is 0.0769. The number of furan rings is 1. The minimum absolute atomic E-state index is 0.869. The van der Waals surface area contributed by atoms with Gasteiger partial charge in [-0.2, -0.15) is 0 Å². The standard InChI is InChI=1S/C52H45B5N2O/c1-2-3-11-30-18-23-44-40(24-30)37-14-7-9-16-43(37)59(44)36-26-33(25-34(27-36)47-48(53)50(55)52(57)51(56)49(47)54)39-29-46-41(38-15-8-10-17-45(38)60-46)28-42(39)58-35-21-19-32(20-22-35)31-12-5-4-6-13-31/h4-10,12-29,58H,2-3,11,53-57H2,1H3. The van der Waals surface area contributed by atoms with Crippen molar-refractivity contribution in [2.24, 2.45) is 0 Å². The van der Waals surface area contributed by atoms with Gasteiger partial charge in [-0.25, -0.2) is 0 Å². The van der Waals surface area contributed by atoms with Gasteiger partial charge in [0.1, 0.15) is 50.4 Å². The second-order valence-electron chi connectivity index (χ2n) is 16.6. The lowest BCUT2D eigenvalue weighted by molar-refractivity contribution is 0.669. The summed E-state index contributed by atoms with van der Waals surface area (Å²) in [7, 11) is 11.4. The highest BCUT2D eigenvalue weighted by Gasteiger charge is 2.21. The van der Waals surface area contributed by atoms with Crippen molar-refractivity contribution in [3.8, 4) is 39.1 Å². The molecule has 2 heterocycles. The van der Waals surface area contributed by atoms with Crippen LogP contribution in [-0.4, -0.2) is 43.8 Å². The van der Waals surface area contributed by atoms with Crippen molar-refractivity contribution in [1.82, 2.24) is 4.57 Å². The van der Waals surface area contributed by atoms with Gasteiger partial charge in [0, 0.05) is 44.2 Å². The predicted molar refractivity (Wildman–Crippen MR) is 274 cm³/mol. The Balaban J connectivity index is 1.24. The molecule has 0 saturated carbocycles. The van der Waals surface area contributed by atoms with E-state index in [0.29, 0.717) is 0 Å². The predicted octanol–water partition coefficient (Wildman–Crippen LogP) is 6.06. The number of hydrogen-bond donors (Lipinski definition) is 1. The molecule has 8 heteroatoms. The normalized spacial score (nSPS) is 11.6. The summed E-state index contributed by atoms with van der Waals surface area (Å²) in [5.74, 6) is 0. The molecule has 2 aromatic heterocycles. The molecule has 0 unspecified atom stereocenters. The number of nitrogens with one attached hydrogen (secondary N) is 1. The number of benzene rings is 8. The van der Waals surface area contributed by atoms with Gasteiger partial charge in [0.05, 0.1) is 11.0 Å². The van der Waals surface area contributed by atoms with Crippen LogP contribution in [0.2, 0.25) is 0 Å². The molecule has 0 amide bonds. The van der Waals surface area contributed by atoms with E-state index in [4.69, 9.17) is 4.42 Å². The zero-order valence-corrected chi connectivity index (χ0v) is 35.4. The van der Waals surface area contributed by atoms with Crippen molar-refractivity contribution in [2.75, 3.05) is 5.32 Å². The molecule has 0 atom stereocenters. The number of rotatable bonds is 9. The molecule has 0 saturated heterocycles. The largest absolute Gasteiger partial charge is 0.456 e. The first-order valence-corrected chi connectivity index (χ1v) is 21.4. The molecular formula is C52H45B5N2O. The fourth-order valence-electron chi connectivity index (χ4n) is 9.45. The number of aromatic nitrogens is 1. The third-order valence-corrected chi connectivity index (χ3v) is 13.1. The Morgan fingerprint density at radius 2 is 1.15 bits per heavy atom. The molecule has 0 fully saturated rings. The van der Waals surface area contributed by atoms with Crippen LogP contribution < -0.4 is 32.6 Å². The summed E-state index contributed by atoms with van der Waals surface area (Å²) in [6.07, 6.45) is 3.46. The molecular weight excluding hydrogens is 723 g/mol. The quantitative estimate of drug-likeness (QED) is 0.181. The average Bonchev–Trinajstić information content (AvgIpc) is 3.82. The van der Waals surface area contributed by atoms with Gasteiger partial charge in [0.25, 0.3) is 0 Å². The van der Waals surface area contributed by atoms with Gasteiger partial charge in [-0.3, -0.25) is 0 Å². The summed E-state index contributed by atoms with van der Waals surface area (Å²) in [5.41, 5.74) is 22.6. The van der Waals surface area contributed by atoms with Crippen LogP contribution in [0, 0.1) is 0 Å². The van der Waals surface area contributed by atoms with Crippen molar-refractivity contribution in [1.29, 1.82) is 0 Å². The molecule has 8 aromatic carbocycles. The summed E-state index contributed by atoms with van der Waals surface area (Å²) >= 11 is 0. The maximum absolute atomic E-state index is 6.61. The van der Waals surface area contributed by atoms with Crippen molar-refractivity contribution in [3.63, 3.8) is 0 Å².